The summed E-state index contributed by atoms with van der Waals surface area (Å²) in [6.07, 6.45) is 0. The van der Waals surface area contributed by atoms with Gasteiger partial charge in [0, 0.05) is 31.7 Å². The number of carbonyl (C=O) groups excluding carboxylic acids is 2. The van der Waals surface area contributed by atoms with Crippen LogP contribution in [0.2, 0.25) is 0 Å². The fraction of sp³-hybridized carbons (Fsp3) is 0.333. The van der Waals surface area contributed by atoms with E-state index in [1.807, 2.05) is 25.1 Å². The van der Waals surface area contributed by atoms with Gasteiger partial charge in [0.05, 0.1) is 18.8 Å². The number of aryl methyl sites for hydroxylation is 2. The summed E-state index contributed by atoms with van der Waals surface area (Å²) in [5.74, 6) is 0.145. The van der Waals surface area contributed by atoms with Crippen molar-refractivity contribution < 1.29 is 28.6 Å². The Morgan fingerprint density at radius 3 is 2.45 bits per heavy atom. The maximum atomic E-state index is 13.2. The first-order chi connectivity index (χ1) is 18.4. The number of aliphatic hydroxyl groups excluding tert-OH is 1. The monoisotopic (exact) mass is 516 g/mol. The molecule has 0 spiro atoms. The minimum absolute atomic E-state index is 0.0276. The summed E-state index contributed by atoms with van der Waals surface area (Å²) in [4.78, 5) is 30.1. The van der Waals surface area contributed by atoms with Crippen LogP contribution in [0.25, 0.3) is 5.76 Å². The quantitative estimate of drug-likeness (QED) is 0.272. The van der Waals surface area contributed by atoms with Crippen molar-refractivity contribution in [1.29, 1.82) is 0 Å². The number of furan rings is 1. The van der Waals surface area contributed by atoms with Gasteiger partial charge in [-0.2, -0.15) is 0 Å². The highest BCUT2D eigenvalue weighted by molar-refractivity contribution is 6.46. The Morgan fingerprint density at radius 2 is 1.76 bits per heavy atom. The lowest BCUT2D eigenvalue weighted by molar-refractivity contribution is -0.140. The highest BCUT2D eigenvalue weighted by Crippen LogP contribution is 2.40. The van der Waals surface area contributed by atoms with Crippen molar-refractivity contribution in [1.82, 2.24) is 9.80 Å². The summed E-state index contributed by atoms with van der Waals surface area (Å²) in [6, 6.07) is 17.7. The van der Waals surface area contributed by atoms with Gasteiger partial charge in [-0.1, -0.05) is 29.8 Å². The van der Waals surface area contributed by atoms with Gasteiger partial charge in [0.1, 0.15) is 35.7 Å². The third kappa shape index (κ3) is 5.51. The van der Waals surface area contributed by atoms with Crippen LogP contribution in [0.1, 0.15) is 34.3 Å². The molecule has 3 heterocycles. The van der Waals surface area contributed by atoms with Gasteiger partial charge in [-0.3, -0.25) is 14.5 Å². The molecule has 1 amide bonds. The van der Waals surface area contributed by atoms with E-state index in [2.05, 4.69) is 11.0 Å². The molecule has 3 aromatic rings. The highest BCUT2D eigenvalue weighted by Gasteiger charge is 2.47. The summed E-state index contributed by atoms with van der Waals surface area (Å²) < 4.78 is 17.2. The van der Waals surface area contributed by atoms with Gasteiger partial charge >= 0.3 is 0 Å². The predicted molar refractivity (Wildman–Crippen MR) is 142 cm³/mol. The van der Waals surface area contributed by atoms with Crippen LogP contribution in [0.3, 0.4) is 0 Å². The first kappa shape index (κ1) is 25.8. The second kappa shape index (κ2) is 11.2. The van der Waals surface area contributed by atoms with Crippen molar-refractivity contribution in [3.63, 3.8) is 0 Å². The van der Waals surface area contributed by atoms with E-state index >= 15 is 0 Å². The molecule has 0 bridgehead atoms. The summed E-state index contributed by atoms with van der Waals surface area (Å²) >= 11 is 0. The van der Waals surface area contributed by atoms with E-state index in [0.717, 1.165) is 24.2 Å². The number of ketones is 1. The van der Waals surface area contributed by atoms with Crippen LogP contribution < -0.4 is 4.74 Å². The Hall–Kier alpha value is -3.88. The van der Waals surface area contributed by atoms with E-state index in [9.17, 15) is 14.7 Å². The average Bonchev–Trinajstić information content (AvgIpc) is 3.47. The third-order valence-electron chi connectivity index (χ3n) is 6.95. The number of hydrogen-bond acceptors (Lipinski definition) is 7. The van der Waals surface area contributed by atoms with Crippen LogP contribution in [0.4, 0.5) is 0 Å². The molecule has 2 aliphatic rings. The fourth-order valence-electron chi connectivity index (χ4n) is 4.91. The maximum Gasteiger partial charge on any atom is 0.295 e. The minimum atomic E-state index is -0.804. The standard InChI is InChI=1S/C30H32N2O6/c1-20-4-3-5-22(18-20)19-37-24-9-7-23(8-10-24)28(33)26-27(25-11-6-21(2)38-25)32(30(35)29(26)34)13-12-31-14-16-36-17-15-31/h3-11,18,27,33H,12-17,19H2,1-2H3/b28-26+/t27-/m0/s1. The Kier molecular flexibility index (Phi) is 7.62. The smallest absolute Gasteiger partial charge is 0.295 e. The number of ether oxygens (including phenoxy) is 2. The van der Waals surface area contributed by atoms with Crippen molar-refractivity contribution >= 4 is 17.4 Å². The molecule has 2 saturated heterocycles. The zero-order valence-corrected chi connectivity index (χ0v) is 21.7. The van der Waals surface area contributed by atoms with Crippen molar-refractivity contribution in [2.75, 3.05) is 39.4 Å². The van der Waals surface area contributed by atoms with Gasteiger partial charge in [0.25, 0.3) is 11.7 Å². The topological polar surface area (TPSA) is 92.5 Å². The molecule has 198 valence electrons. The second-order valence-electron chi connectivity index (χ2n) is 9.70. The summed E-state index contributed by atoms with van der Waals surface area (Å²) in [6.45, 7) is 8.01. The van der Waals surface area contributed by atoms with Crippen LogP contribution in [0.5, 0.6) is 5.75 Å². The molecule has 0 radical (unpaired) electrons. The van der Waals surface area contributed by atoms with Crippen molar-refractivity contribution in [2.24, 2.45) is 0 Å². The molecule has 2 aliphatic heterocycles. The molecule has 0 saturated carbocycles. The fourth-order valence-corrected chi connectivity index (χ4v) is 4.91. The van der Waals surface area contributed by atoms with Gasteiger partial charge in [0.15, 0.2) is 0 Å². The number of benzene rings is 2. The number of rotatable bonds is 8. The molecule has 0 aliphatic carbocycles. The second-order valence-corrected chi connectivity index (χ2v) is 9.70. The minimum Gasteiger partial charge on any atom is -0.507 e. The SMILES string of the molecule is Cc1cccc(COc2ccc(/C(O)=C3\C(=O)C(=O)N(CCN4CCOCC4)[C@H]3c3ccc(C)o3)cc2)c1. The van der Waals surface area contributed by atoms with Crippen molar-refractivity contribution in [2.45, 2.75) is 26.5 Å². The van der Waals surface area contributed by atoms with Crippen molar-refractivity contribution in [3.05, 3.63) is 94.4 Å². The highest BCUT2D eigenvalue weighted by atomic mass is 16.5. The maximum absolute atomic E-state index is 13.2. The van der Waals surface area contributed by atoms with Gasteiger partial charge in [-0.25, -0.2) is 0 Å². The Bertz CT molecular complexity index is 1340. The van der Waals surface area contributed by atoms with Crippen LogP contribution in [-0.4, -0.2) is 66.0 Å². The summed E-state index contributed by atoms with van der Waals surface area (Å²) in [5.41, 5.74) is 2.67. The zero-order chi connectivity index (χ0) is 26.6. The Labute approximate surface area is 222 Å². The lowest BCUT2D eigenvalue weighted by atomic mass is 9.99. The number of hydrogen-bond donors (Lipinski definition) is 1. The van der Waals surface area contributed by atoms with E-state index < -0.39 is 17.7 Å². The molecule has 38 heavy (non-hydrogen) atoms. The van der Waals surface area contributed by atoms with E-state index in [4.69, 9.17) is 13.9 Å². The molecule has 1 aromatic heterocycles. The molecule has 1 N–H and O–H groups in total. The molecule has 2 fully saturated rings. The molecular formula is C30H32N2O6. The zero-order valence-electron chi connectivity index (χ0n) is 21.7. The lowest BCUT2D eigenvalue weighted by Gasteiger charge is -2.30. The lowest BCUT2D eigenvalue weighted by Crippen LogP contribution is -2.42. The molecule has 5 rings (SSSR count). The van der Waals surface area contributed by atoms with E-state index in [1.165, 1.54) is 4.90 Å². The normalized spacial score (nSPS) is 19.7. The van der Waals surface area contributed by atoms with Crippen LogP contribution in [-0.2, 0) is 20.9 Å². The van der Waals surface area contributed by atoms with Crippen molar-refractivity contribution in [3.8, 4) is 5.75 Å². The van der Waals surface area contributed by atoms with E-state index in [-0.39, 0.29) is 11.3 Å². The van der Waals surface area contributed by atoms with Crippen LogP contribution >= 0.6 is 0 Å². The van der Waals surface area contributed by atoms with E-state index in [1.54, 1.807) is 43.3 Å². The molecule has 8 nitrogen and oxygen atoms in total. The molecule has 8 heteroatoms. The summed E-state index contributed by atoms with van der Waals surface area (Å²) in [5, 5.41) is 11.3. The van der Waals surface area contributed by atoms with Gasteiger partial charge in [-0.05, 0) is 55.8 Å². The third-order valence-corrected chi connectivity index (χ3v) is 6.95. The van der Waals surface area contributed by atoms with Gasteiger partial charge < -0.3 is 23.9 Å². The summed E-state index contributed by atoms with van der Waals surface area (Å²) in [7, 11) is 0. The number of morpholine rings is 1. The van der Waals surface area contributed by atoms with Gasteiger partial charge in [-0.15, -0.1) is 0 Å². The number of aliphatic hydroxyl groups is 1. The number of Topliss-reactive ketones (excluding diaryl/α,β-unsaturated/α-hetero) is 1. The van der Waals surface area contributed by atoms with E-state index in [0.29, 0.717) is 55.7 Å². The molecule has 1 atom stereocenters. The molecular weight excluding hydrogens is 484 g/mol. The Balaban J connectivity index is 1.39. The first-order valence-electron chi connectivity index (χ1n) is 12.8. The van der Waals surface area contributed by atoms with Crippen LogP contribution in [0, 0.1) is 13.8 Å². The van der Waals surface area contributed by atoms with Gasteiger partial charge in [0.2, 0.25) is 0 Å². The number of likely N-dealkylation sites (tertiary alicyclic amines) is 1. The molecule has 2 aromatic carbocycles. The first-order valence-corrected chi connectivity index (χ1v) is 12.8. The Morgan fingerprint density at radius 1 is 1.00 bits per heavy atom. The predicted octanol–water partition coefficient (Wildman–Crippen LogP) is 4.23. The number of carbonyl (C=O) groups is 2. The number of nitrogens with zero attached hydrogens (tertiary/aromatic N) is 2. The molecule has 0 unspecified atom stereocenters. The van der Waals surface area contributed by atoms with Crippen LogP contribution in [0.15, 0.2) is 70.7 Å². The average molecular weight is 517 g/mol. The number of amides is 1. The largest absolute Gasteiger partial charge is 0.507 e.